The molecule has 3 aromatic carbocycles. The number of piperidine rings is 1. The number of Topliss-reactive ketones (excluding diaryl/α,β-unsaturated/α-hetero) is 1. The van der Waals surface area contributed by atoms with Crippen LogP contribution in [-0.2, 0) is 34.0 Å². The van der Waals surface area contributed by atoms with Crippen LogP contribution in [-0.4, -0.2) is 30.6 Å². The minimum absolute atomic E-state index is 0.0258. The van der Waals surface area contributed by atoms with Crippen LogP contribution in [0.2, 0.25) is 0 Å². The van der Waals surface area contributed by atoms with Crippen LogP contribution in [0.1, 0.15) is 36.0 Å². The summed E-state index contributed by atoms with van der Waals surface area (Å²) in [7, 11) is -3.93. The van der Waals surface area contributed by atoms with Gasteiger partial charge in [0.25, 0.3) is 0 Å². The molecular formula is C28H25F4NO4S. The van der Waals surface area contributed by atoms with Crippen molar-refractivity contribution in [2.45, 2.75) is 55.4 Å². The molecule has 1 aliphatic heterocycles. The van der Waals surface area contributed by atoms with Gasteiger partial charge in [-0.25, -0.2) is 12.8 Å². The van der Waals surface area contributed by atoms with Crippen molar-refractivity contribution in [3.8, 4) is 5.75 Å². The number of carbonyl (C=O) groups excluding carboxylic acids is 1. The first-order valence-electron chi connectivity index (χ1n) is 12.2. The number of halogens is 4. The molecule has 0 amide bonds. The zero-order valence-corrected chi connectivity index (χ0v) is 21.0. The predicted molar refractivity (Wildman–Crippen MR) is 131 cm³/mol. The molecule has 1 unspecified atom stereocenters. The van der Waals surface area contributed by atoms with Gasteiger partial charge in [-0.15, -0.1) is 0 Å². The third kappa shape index (κ3) is 5.61. The molecule has 3 aromatic rings. The average molecular weight is 548 g/mol. The van der Waals surface area contributed by atoms with E-state index in [0.29, 0.717) is 24.2 Å². The summed E-state index contributed by atoms with van der Waals surface area (Å²) in [6.07, 6.45) is -2.66. The number of aryl methyl sites for hydroxylation is 1. The number of rotatable bonds is 9. The highest BCUT2D eigenvalue weighted by Crippen LogP contribution is 2.50. The van der Waals surface area contributed by atoms with E-state index in [1.165, 1.54) is 28.6 Å². The topological polar surface area (TPSA) is 63.7 Å². The van der Waals surface area contributed by atoms with E-state index in [4.69, 9.17) is 4.74 Å². The fourth-order valence-corrected chi connectivity index (χ4v) is 6.82. The summed E-state index contributed by atoms with van der Waals surface area (Å²) in [5.74, 6) is -0.0228. The van der Waals surface area contributed by atoms with E-state index < -0.39 is 33.6 Å². The van der Waals surface area contributed by atoms with Gasteiger partial charge in [0.15, 0.2) is 5.78 Å². The van der Waals surface area contributed by atoms with Gasteiger partial charge >= 0.3 is 6.18 Å². The van der Waals surface area contributed by atoms with Gasteiger partial charge in [0.2, 0.25) is 10.0 Å². The highest BCUT2D eigenvalue weighted by atomic mass is 32.2. The number of alkyl halides is 3. The van der Waals surface area contributed by atoms with E-state index in [-0.39, 0.29) is 35.7 Å². The molecule has 0 aromatic heterocycles. The van der Waals surface area contributed by atoms with Gasteiger partial charge in [-0.3, -0.25) is 4.79 Å². The Hall–Kier alpha value is -3.24. The molecule has 1 saturated heterocycles. The lowest BCUT2D eigenvalue weighted by Crippen LogP contribution is -2.43. The Morgan fingerprint density at radius 1 is 0.947 bits per heavy atom. The number of ether oxygens (including phenoxy) is 1. The fraction of sp³-hybridized carbons (Fsp3) is 0.321. The van der Waals surface area contributed by atoms with Crippen molar-refractivity contribution in [2.24, 2.45) is 5.92 Å². The minimum atomic E-state index is -4.40. The smallest absolute Gasteiger partial charge is 0.416 e. The van der Waals surface area contributed by atoms with E-state index in [1.54, 1.807) is 18.2 Å². The molecule has 3 atom stereocenters. The number of carbonyl (C=O) groups is 1. The van der Waals surface area contributed by atoms with Gasteiger partial charge in [0.05, 0.1) is 16.5 Å². The summed E-state index contributed by atoms with van der Waals surface area (Å²) >= 11 is 0. The second-order valence-corrected chi connectivity index (χ2v) is 11.5. The second-order valence-electron chi connectivity index (χ2n) is 9.70. The highest BCUT2D eigenvalue weighted by Gasteiger charge is 2.58. The quantitative estimate of drug-likeness (QED) is 0.319. The van der Waals surface area contributed by atoms with E-state index in [9.17, 15) is 30.8 Å². The highest BCUT2D eigenvalue weighted by molar-refractivity contribution is 7.89. The number of nitrogens with zero attached hydrogens (tertiary/aromatic N) is 1. The normalized spacial score (nSPS) is 21.2. The van der Waals surface area contributed by atoms with Crippen LogP contribution in [0.3, 0.4) is 0 Å². The van der Waals surface area contributed by atoms with Gasteiger partial charge in [0.1, 0.15) is 18.2 Å². The van der Waals surface area contributed by atoms with Crippen molar-refractivity contribution in [1.29, 1.82) is 0 Å². The summed E-state index contributed by atoms with van der Waals surface area (Å²) in [5.41, 5.74) is 0.678. The van der Waals surface area contributed by atoms with E-state index >= 15 is 0 Å². The van der Waals surface area contributed by atoms with Crippen molar-refractivity contribution in [2.75, 3.05) is 0 Å². The van der Waals surface area contributed by atoms with Crippen molar-refractivity contribution >= 4 is 15.8 Å². The molecule has 1 saturated carbocycles. The SMILES string of the molecule is O=C(CCc1cccc(OCc2ccc(C(F)(F)F)cc2)c1)[C@@H]1CC2C[C@@H]2N1S(=O)(=O)c1ccc(F)cc1. The first-order chi connectivity index (χ1) is 18.0. The largest absolute Gasteiger partial charge is 0.489 e. The maximum Gasteiger partial charge on any atom is 0.416 e. The Bertz CT molecular complexity index is 1420. The number of hydrogen-bond donors (Lipinski definition) is 0. The van der Waals surface area contributed by atoms with Crippen LogP contribution in [0.4, 0.5) is 17.6 Å². The molecule has 10 heteroatoms. The van der Waals surface area contributed by atoms with E-state index in [1.807, 2.05) is 6.07 Å². The van der Waals surface area contributed by atoms with Crippen LogP contribution >= 0.6 is 0 Å². The molecule has 0 N–H and O–H groups in total. The Kier molecular flexibility index (Phi) is 7.04. The fourth-order valence-electron chi connectivity index (χ4n) is 4.95. The molecule has 5 nitrogen and oxygen atoms in total. The zero-order valence-electron chi connectivity index (χ0n) is 20.2. The van der Waals surface area contributed by atoms with Gasteiger partial charge < -0.3 is 4.74 Å². The number of hydrogen-bond acceptors (Lipinski definition) is 4. The molecular weight excluding hydrogens is 522 g/mol. The Balaban J connectivity index is 1.20. The molecule has 38 heavy (non-hydrogen) atoms. The van der Waals surface area contributed by atoms with Crippen molar-refractivity contribution in [3.05, 3.63) is 95.3 Å². The maximum atomic E-state index is 13.3. The molecule has 2 fully saturated rings. The first-order valence-corrected chi connectivity index (χ1v) is 13.7. The van der Waals surface area contributed by atoms with Crippen LogP contribution < -0.4 is 4.74 Å². The van der Waals surface area contributed by atoms with Crippen LogP contribution in [0.15, 0.2) is 77.7 Å². The zero-order chi connectivity index (χ0) is 27.1. The minimum Gasteiger partial charge on any atom is -0.489 e. The average Bonchev–Trinajstić information content (AvgIpc) is 3.54. The van der Waals surface area contributed by atoms with Crippen LogP contribution in [0.5, 0.6) is 5.75 Å². The molecule has 2 aliphatic rings. The number of benzene rings is 3. The molecule has 200 valence electrons. The second kappa shape index (κ2) is 10.1. The molecule has 0 spiro atoms. The summed E-state index contributed by atoms with van der Waals surface area (Å²) in [6, 6.07) is 15.5. The van der Waals surface area contributed by atoms with Crippen LogP contribution in [0, 0.1) is 11.7 Å². The lowest BCUT2D eigenvalue weighted by atomic mass is 10.0. The lowest BCUT2D eigenvalue weighted by molar-refractivity contribution is -0.137. The van der Waals surface area contributed by atoms with Gasteiger partial charge in [0, 0.05) is 12.5 Å². The summed E-state index contributed by atoms with van der Waals surface area (Å²) in [4.78, 5) is 13.1. The Morgan fingerprint density at radius 2 is 1.66 bits per heavy atom. The van der Waals surface area contributed by atoms with Crippen molar-refractivity contribution in [3.63, 3.8) is 0 Å². The van der Waals surface area contributed by atoms with Crippen molar-refractivity contribution in [1.82, 2.24) is 4.31 Å². The maximum absolute atomic E-state index is 13.3. The number of fused-ring (bicyclic) bond motifs is 1. The van der Waals surface area contributed by atoms with Gasteiger partial charge in [-0.1, -0.05) is 24.3 Å². The predicted octanol–water partition coefficient (Wildman–Crippen LogP) is 5.78. The number of ketones is 1. The molecule has 0 radical (unpaired) electrons. The van der Waals surface area contributed by atoms with E-state index in [0.717, 1.165) is 36.2 Å². The molecule has 5 rings (SSSR count). The lowest BCUT2D eigenvalue weighted by Gasteiger charge is -2.26. The Labute approximate surface area is 218 Å². The van der Waals surface area contributed by atoms with Gasteiger partial charge in [-0.05, 0) is 84.8 Å². The van der Waals surface area contributed by atoms with Crippen molar-refractivity contribution < 1.29 is 35.5 Å². The summed E-state index contributed by atoms with van der Waals surface area (Å²) in [6.45, 7) is 0.0849. The summed E-state index contributed by atoms with van der Waals surface area (Å²) < 4.78 is 85.1. The standard InChI is InChI=1S/C28H25F4NO4S/c29-22-9-11-24(12-10-22)38(35,36)33-25-15-20(25)16-26(33)27(34)13-6-18-2-1-3-23(14-18)37-17-19-4-7-21(8-5-19)28(30,31)32/h1-5,7-12,14,20,25-26H,6,13,15-17H2/t20?,25-,26-/m0/s1. The van der Waals surface area contributed by atoms with Crippen LogP contribution in [0.25, 0.3) is 0 Å². The molecule has 1 heterocycles. The molecule has 0 bridgehead atoms. The summed E-state index contributed by atoms with van der Waals surface area (Å²) in [5, 5.41) is 0. The first kappa shape index (κ1) is 26.4. The Morgan fingerprint density at radius 3 is 2.34 bits per heavy atom. The third-order valence-electron chi connectivity index (χ3n) is 7.05. The monoisotopic (exact) mass is 547 g/mol. The number of sulfonamides is 1. The van der Waals surface area contributed by atoms with Gasteiger partial charge in [-0.2, -0.15) is 17.5 Å². The third-order valence-corrected chi connectivity index (χ3v) is 9.00. The molecule has 1 aliphatic carbocycles. The van der Waals surface area contributed by atoms with E-state index in [2.05, 4.69) is 0 Å².